The molecule has 0 bridgehead atoms. The molecule has 7 nitrogen and oxygen atoms in total. The van der Waals surface area contributed by atoms with Gasteiger partial charge in [0.05, 0.1) is 12.7 Å². The third-order valence-electron chi connectivity index (χ3n) is 4.09. The molecule has 3 heterocycles. The average Bonchev–Trinajstić information content (AvgIpc) is 3.17. The Hall–Kier alpha value is -1.80. The van der Waals surface area contributed by atoms with Crippen LogP contribution in [0.5, 0.6) is 0 Å². The molecule has 2 fully saturated rings. The number of hydrogen-bond donors (Lipinski definition) is 1. The number of fused-ring (bicyclic) bond motifs is 1. The van der Waals surface area contributed by atoms with Gasteiger partial charge in [-0.2, -0.15) is 0 Å². The molecule has 1 aromatic heterocycles. The summed E-state index contributed by atoms with van der Waals surface area (Å²) in [7, 11) is 0. The van der Waals surface area contributed by atoms with Gasteiger partial charge in [-0.25, -0.2) is 4.68 Å². The van der Waals surface area contributed by atoms with Crippen molar-refractivity contribution >= 4 is 0 Å². The molecule has 2 aliphatic rings. The Morgan fingerprint density at radius 3 is 2.74 bits per heavy atom. The van der Waals surface area contributed by atoms with E-state index in [4.69, 9.17) is 14.2 Å². The lowest BCUT2D eigenvalue weighted by Crippen LogP contribution is -2.36. The van der Waals surface area contributed by atoms with Gasteiger partial charge >= 0.3 is 0 Å². The SMILES string of the molecule is CC1(C)OC2O[C@H](Cn3cc(-c4ccccc4)nn3)[C@@H](O)C2O1. The fraction of sp³-hybridized carbons (Fsp3) is 0.500. The molecule has 0 spiro atoms. The summed E-state index contributed by atoms with van der Waals surface area (Å²) in [5.74, 6) is -0.727. The Kier molecular flexibility index (Phi) is 3.46. The molecule has 4 rings (SSSR count). The molecule has 122 valence electrons. The maximum absolute atomic E-state index is 10.4. The summed E-state index contributed by atoms with van der Waals surface area (Å²) in [5, 5.41) is 18.7. The molecule has 7 heteroatoms. The lowest BCUT2D eigenvalue weighted by atomic mass is 10.1. The second kappa shape index (κ2) is 5.38. The molecule has 2 unspecified atom stereocenters. The maximum Gasteiger partial charge on any atom is 0.190 e. The molecule has 23 heavy (non-hydrogen) atoms. The van der Waals surface area contributed by atoms with E-state index in [0.29, 0.717) is 6.54 Å². The second-order valence-corrected chi connectivity index (χ2v) is 6.33. The van der Waals surface area contributed by atoms with Crippen LogP contribution < -0.4 is 0 Å². The minimum absolute atomic E-state index is 0.390. The summed E-state index contributed by atoms with van der Waals surface area (Å²) < 4.78 is 18.8. The number of hydrogen-bond acceptors (Lipinski definition) is 6. The van der Waals surface area contributed by atoms with Crippen molar-refractivity contribution < 1.29 is 19.3 Å². The third kappa shape index (κ3) is 2.76. The van der Waals surface area contributed by atoms with Gasteiger partial charge in [0.25, 0.3) is 0 Å². The van der Waals surface area contributed by atoms with E-state index in [9.17, 15) is 5.11 Å². The van der Waals surface area contributed by atoms with E-state index in [0.717, 1.165) is 11.3 Å². The molecule has 1 aromatic carbocycles. The van der Waals surface area contributed by atoms with E-state index in [1.54, 1.807) is 18.5 Å². The second-order valence-electron chi connectivity index (χ2n) is 6.33. The van der Waals surface area contributed by atoms with Crippen LogP contribution in [0.1, 0.15) is 13.8 Å². The van der Waals surface area contributed by atoms with E-state index >= 15 is 0 Å². The van der Waals surface area contributed by atoms with Gasteiger partial charge in [0.1, 0.15) is 24.0 Å². The van der Waals surface area contributed by atoms with E-state index in [-0.39, 0.29) is 0 Å². The van der Waals surface area contributed by atoms with Gasteiger partial charge in [-0.1, -0.05) is 35.5 Å². The first-order valence-electron chi connectivity index (χ1n) is 7.66. The molecule has 1 N–H and O–H groups in total. The van der Waals surface area contributed by atoms with E-state index in [1.165, 1.54) is 0 Å². The van der Waals surface area contributed by atoms with Crippen molar-refractivity contribution in [1.82, 2.24) is 15.0 Å². The highest BCUT2D eigenvalue weighted by Gasteiger charge is 2.54. The van der Waals surface area contributed by atoms with Gasteiger partial charge in [0, 0.05) is 5.56 Å². The Balaban J connectivity index is 1.45. The molecule has 0 radical (unpaired) electrons. The molecule has 0 amide bonds. The summed E-state index contributed by atoms with van der Waals surface area (Å²) in [6, 6.07) is 9.81. The van der Waals surface area contributed by atoms with E-state index < -0.39 is 30.4 Å². The van der Waals surface area contributed by atoms with Gasteiger partial charge in [-0.3, -0.25) is 0 Å². The average molecular weight is 317 g/mol. The van der Waals surface area contributed by atoms with Crippen LogP contribution in [0, 0.1) is 0 Å². The van der Waals surface area contributed by atoms with Crippen molar-refractivity contribution in [2.45, 2.75) is 50.8 Å². The number of benzene rings is 1. The summed E-state index contributed by atoms with van der Waals surface area (Å²) in [6.45, 7) is 4.00. The Labute approximate surface area is 133 Å². The number of aromatic nitrogens is 3. The quantitative estimate of drug-likeness (QED) is 0.916. The van der Waals surface area contributed by atoms with Crippen LogP contribution in [-0.2, 0) is 20.8 Å². The van der Waals surface area contributed by atoms with Gasteiger partial charge in [-0.05, 0) is 13.8 Å². The van der Waals surface area contributed by atoms with Crippen molar-refractivity contribution in [3.8, 4) is 11.3 Å². The summed E-state index contributed by atoms with van der Waals surface area (Å²) in [4.78, 5) is 0. The number of rotatable bonds is 3. The Bertz CT molecular complexity index is 688. The number of nitrogens with zero attached hydrogens (tertiary/aromatic N) is 3. The minimum atomic E-state index is -0.758. The van der Waals surface area contributed by atoms with Crippen LogP contribution in [0.2, 0.25) is 0 Å². The third-order valence-corrected chi connectivity index (χ3v) is 4.09. The predicted molar refractivity (Wildman–Crippen MR) is 80.2 cm³/mol. The summed E-state index contributed by atoms with van der Waals surface area (Å²) in [6.07, 6.45) is -0.364. The highest BCUT2D eigenvalue weighted by molar-refractivity contribution is 5.57. The van der Waals surface area contributed by atoms with Gasteiger partial charge < -0.3 is 19.3 Å². The van der Waals surface area contributed by atoms with Crippen molar-refractivity contribution in [1.29, 1.82) is 0 Å². The van der Waals surface area contributed by atoms with Crippen molar-refractivity contribution in [3.63, 3.8) is 0 Å². The number of aliphatic hydroxyl groups excluding tert-OH is 1. The van der Waals surface area contributed by atoms with Gasteiger partial charge in [0.15, 0.2) is 12.1 Å². The fourth-order valence-electron chi connectivity index (χ4n) is 3.02. The topological polar surface area (TPSA) is 78.6 Å². The normalized spacial score (nSPS) is 32.1. The largest absolute Gasteiger partial charge is 0.387 e. The van der Waals surface area contributed by atoms with Crippen molar-refractivity contribution in [3.05, 3.63) is 36.5 Å². The number of ether oxygens (including phenoxy) is 3. The molecule has 0 saturated carbocycles. The van der Waals surface area contributed by atoms with Crippen LogP contribution >= 0.6 is 0 Å². The zero-order valence-corrected chi connectivity index (χ0v) is 13.0. The Morgan fingerprint density at radius 2 is 2.00 bits per heavy atom. The smallest absolute Gasteiger partial charge is 0.190 e. The van der Waals surface area contributed by atoms with Crippen LogP contribution in [0.4, 0.5) is 0 Å². The Morgan fingerprint density at radius 1 is 1.22 bits per heavy atom. The van der Waals surface area contributed by atoms with Crippen molar-refractivity contribution in [2.24, 2.45) is 0 Å². The van der Waals surface area contributed by atoms with Gasteiger partial charge in [0.2, 0.25) is 0 Å². The minimum Gasteiger partial charge on any atom is -0.387 e. The summed E-state index contributed by atoms with van der Waals surface area (Å²) >= 11 is 0. The van der Waals surface area contributed by atoms with E-state index in [1.807, 2.05) is 36.5 Å². The van der Waals surface area contributed by atoms with E-state index in [2.05, 4.69) is 10.3 Å². The van der Waals surface area contributed by atoms with Crippen LogP contribution in [0.25, 0.3) is 11.3 Å². The molecule has 2 aliphatic heterocycles. The zero-order valence-electron chi connectivity index (χ0n) is 13.0. The molecule has 2 aromatic rings. The highest BCUT2D eigenvalue weighted by Crippen LogP contribution is 2.37. The van der Waals surface area contributed by atoms with Gasteiger partial charge in [-0.15, -0.1) is 5.10 Å². The first kappa shape index (κ1) is 14.8. The lowest BCUT2D eigenvalue weighted by Gasteiger charge is -2.22. The monoisotopic (exact) mass is 317 g/mol. The van der Waals surface area contributed by atoms with Crippen LogP contribution in [0.15, 0.2) is 36.5 Å². The lowest BCUT2D eigenvalue weighted by molar-refractivity contribution is -0.216. The first-order valence-corrected chi connectivity index (χ1v) is 7.66. The zero-order chi connectivity index (χ0) is 16.0. The van der Waals surface area contributed by atoms with Crippen LogP contribution in [0.3, 0.4) is 0 Å². The maximum atomic E-state index is 10.4. The van der Waals surface area contributed by atoms with Crippen molar-refractivity contribution in [2.75, 3.05) is 0 Å². The number of aliphatic hydroxyl groups is 1. The first-order chi connectivity index (χ1) is 11.0. The standard InChI is InChI=1S/C16H19N3O4/c1-16(2)22-14-13(20)12(21-15(14)23-16)9-19-8-11(17-18-19)10-6-4-3-5-7-10/h3-8,12-15,20H,9H2,1-2H3/t12-,13-,14?,15?/m1/s1. The highest BCUT2D eigenvalue weighted by atomic mass is 16.8. The predicted octanol–water partition coefficient (Wildman–Crippen LogP) is 1.18. The molecule has 4 atom stereocenters. The molecule has 2 saturated heterocycles. The molecular formula is C16H19N3O4. The summed E-state index contributed by atoms with van der Waals surface area (Å²) in [5.41, 5.74) is 1.78. The molecular weight excluding hydrogens is 298 g/mol. The molecule has 0 aliphatic carbocycles. The fourth-order valence-corrected chi connectivity index (χ4v) is 3.02. The van der Waals surface area contributed by atoms with Crippen LogP contribution in [-0.4, -0.2) is 50.5 Å².